The summed E-state index contributed by atoms with van der Waals surface area (Å²) in [6.07, 6.45) is -0.191. The van der Waals surface area contributed by atoms with Crippen molar-refractivity contribution in [2.24, 2.45) is 0 Å². The lowest BCUT2D eigenvalue weighted by Gasteiger charge is -2.29. The minimum atomic E-state index is -1.98. The van der Waals surface area contributed by atoms with Gasteiger partial charge in [0.15, 0.2) is 31.5 Å². The van der Waals surface area contributed by atoms with Crippen molar-refractivity contribution in [2.75, 3.05) is 5.32 Å². The maximum atomic E-state index is 12.7. The lowest BCUT2D eigenvalue weighted by atomic mass is 10.1. The van der Waals surface area contributed by atoms with Crippen LogP contribution in [0.2, 0.25) is 19.6 Å². The van der Waals surface area contributed by atoms with E-state index in [2.05, 4.69) is 39.9 Å². The number of aromatic nitrogens is 4. The molecular weight excluding hydrogens is 426 g/mol. The van der Waals surface area contributed by atoms with E-state index in [1.165, 1.54) is 6.33 Å². The summed E-state index contributed by atoms with van der Waals surface area (Å²) in [6.45, 7) is 10.0. The molecule has 0 aliphatic carbocycles. The fourth-order valence-corrected chi connectivity index (χ4v) is 5.05. The van der Waals surface area contributed by atoms with Crippen LogP contribution in [-0.2, 0) is 9.16 Å². The van der Waals surface area contributed by atoms with E-state index in [0.29, 0.717) is 34.8 Å². The number of ether oxygens (including phenoxy) is 1. The first-order valence-corrected chi connectivity index (χ1v) is 14.2. The number of nitrogens with zero attached hydrogens (tertiary/aromatic N) is 4. The van der Waals surface area contributed by atoms with E-state index in [0.717, 1.165) is 0 Å². The smallest absolute Gasteiger partial charge is 0.256 e. The topological polar surface area (TPSA) is 111 Å². The van der Waals surface area contributed by atoms with Crippen LogP contribution < -0.4 is 5.32 Å². The van der Waals surface area contributed by atoms with E-state index in [-0.39, 0.29) is 12.0 Å². The maximum absolute atomic E-state index is 12.7. The highest BCUT2D eigenvalue weighted by atomic mass is 28.4. The number of benzene rings is 1. The summed E-state index contributed by atoms with van der Waals surface area (Å²) in [4.78, 5) is 26.0. The molecular formula is C22H29N5O4Si. The highest BCUT2D eigenvalue weighted by molar-refractivity contribution is 6.69. The standard InChI is InChI=1S/C22H29N5O4Si/c1-6-15-17(28)18(31-32(3,4)5)22(30-15)27-13(2)25-16-19(23-12-24-20(16)27)26-21(29)14-10-8-7-9-11-14/h7-12,15,17-18,22,28H,6H2,1-5H3,(H,23,24,26,29)/t15-,17+,18?,22-/m1/s1. The molecule has 9 nitrogen and oxygen atoms in total. The SMILES string of the molecule is CC[C@H]1O[C@@H](n2c(C)nc3c(NC(=O)c4ccccc4)ncnc32)C(O[Si](C)(C)C)[C@H]1O. The van der Waals surface area contributed by atoms with Crippen LogP contribution in [0.5, 0.6) is 0 Å². The Morgan fingerprint density at radius 3 is 2.62 bits per heavy atom. The van der Waals surface area contributed by atoms with E-state index in [1.807, 2.05) is 24.5 Å². The van der Waals surface area contributed by atoms with Crippen molar-refractivity contribution in [1.82, 2.24) is 19.5 Å². The number of carbonyl (C=O) groups excluding carboxylic acids is 1. The number of fused-ring (bicyclic) bond motifs is 1. The van der Waals surface area contributed by atoms with Gasteiger partial charge in [0, 0.05) is 5.56 Å². The normalized spacial score (nSPS) is 23.6. The molecule has 3 heterocycles. The molecule has 1 saturated heterocycles. The lowest BCUT2D eigenvalue weighted by molar-refractivity contribution is -0.0326. The molecule has 0 radical (unpaired) electrons. The van der Waals surface area contributed by atoms with Crippen molar-refractivity contribution in [2.45, 2.75) is 64.4 Å². The molecule has 1 unspecified atom stereocenters. The molecule has 10 heteroatoms. The first-order chi connectivity index (χ1) is 15.2. The van der Waals surface area contributed by atoms with Gasteiger partial charge < -0.3 is 19.6 Å². The molecule has 0 saturated carbocycles. The number of aryl methyl sites for hydroxylation is 1. The van der Waals surface area contributed by atoms with Crippen molar-refractivity contribution in [3.8, 4) is 0 Å². The monoisotopic (exact) mass is 455 g/mol. The first-order valence-electron chi connectivity index (χ1n) is 10.8. The third kappa shape index (κ3) is 4.31. The Hall–Kier alpha value is -2.66. The number of hydrogen-bond acceptors (Lipinski definition) is 7. The third-order valence-electron chi connectivity index (χ3n) is 5.38. The van der Waals surface area contributed by atoms with Gasteiger partial charge in [-0.2, -0.15) is 0 Å². The zero-order chi connectivity index (χ0) is 23.0. The van der Waals surface area contributed by atoms with Crippen molar-refractivity contribution in [3.05, 3.63) is 48.0 Å². The van der Waals surface area contributed by atoms with Crippen molar-refractivity contribution < 1.29 is 19.1 Å². The number of hydrogen-bond donors (Lipinski definition) is 2. The number of amides is 1. The molecule has 0 bridgehead atoms. The van der Waals surface area contributed by atoms with E-state index < -0.39 is 26.8 Å². The predicted octanol–water partition coefficient (Wildman–Crippen LogP) is 3.28. The second kappa shape index (κ2) is 8.70. The largest absolute Gasteiger partial charge is 0.407 e. The molecule has 2 aromatic heterocycles. The number of anilines is 1. The van der Waals surface area contributed by atoms with E-state index in [1.54, 1.807) is 24.3 Å². The van der Waals surface area contributed by atoms with Gasteiger partial charge in [-0.15, -0.1) is 0 Å². The Labute approximate surface area is 187 Å². The van der Waals surface area contributed by atoms with Crippen LogP contribution in [0.25, 0.3) is 11.2 Å². The second-order valence-electron chi connectivity index (χ2n) is 8.90. The molecule has 1 aliphatic rings. The highest BCUT2D eigenvalue weighted by Crippen LogP contribution is 2.37. The van der Waals surface area contributed by atoms with Gasteiger partial charge in [-0.25, -0.2) is 15.0 Å². The van der Waals surface area contributed by atoms with E-state index >= 15 is 0 Å². The van der Waals surface area contributed by atoms with Crippen LogP contribution in [0.1, 0.15) is 35.8 Å². The van der Waals surface area contributed by atoms with Gasteiger partial charge in [0.25, 0.3) is 5.91 Å². The van der Waals surface area contributed by atoms with E-state index in [9.17, 15) is 9.90 Å². The summed E-state index contributed by atoms with van der Waals surface area (Å²) in [5.41, 5.74) is 1.49. The zero-order valence-electron chi connectivity index (χ0n) is 18.9. The summed E-state index contributed by atoms with van der Waals surface area (Å²) < 4.78 is 14.4. The quantitative estimate of drug-likeness (QED) is 0.549. The summed E-state index contributed by atoms with van der Waals surface area (Å²) in [5.74, 6) is 0.670. The first kappa shape index (κ1) is 22.5. The molecule has 4 atom stereocenters. The van der Waals surface area contributed by atoms with E-state index in [4.69, 9.17) is 9.16 Å². The van der Waals surface area contributed by atoms with Gasteiger partial charge in [-0.3, -0.25) is 9.36 Å². The van der Waals surface area contributed by atoms with Gasteiger partial charge in [0.1, 0.15) is 24.4 Å². The zero-order valence-corrected chi connectivity index (χ0v) is 19.9. The summed E-state index contributed by atoms with van der Waals surface area (Å²) in [6, 6.07) is 8.91. The van der Waals surface area contributed by atoms with Crippen LogP contribution in [0.3, 0.4) is 0 Å². The minimum absolute atomic E-state index is 0.281. The van der Waals surface area contributed by atoms with Crippen molar-refractivity contribution >= 4 is 31.2 Å². The predicted molar refractivity (Wildman–Crippen MR) is 123 cm³/mol. The Balaban J connectivity index is 1.73. The fourth-order valence-electron chi connectivity index (χ4n) is 3.98. The van der Waals surface area contributed by atoms with Crippen molar-refractivity contribution in [1.29, 1.82) is 0 Å². The van der Waals surface area contributed by atoms with Crippen molar-refractivity contribution in [3.63, 3.8) is 0 Å². The molecule has 4 rings (SSSR count). The number of imidazole rings is 1. The van der Waals surface area contributed by atoms with Crippen LogP contribution in [0, 0.1) is 6.92 Å². The molecule has 2 N–H and O–H groups in total. The number of aliphatic hydroxyl groups is 1. The Kier molecular flexibility index (Phi) is 6.12. The van der Waals surface area contributed by atoms with Crippen LogP contribution in [0.4, 0.5) is 5.82 Å². The Bertz CT molecular complexity index is 1110. The number of aliphatic hydroxyl groups excluding tert-OH is 1. The molecule has 1 aromatic carbocycles. The molecule has 1 amide bonds. The average Bonchev–Trinajstić information content (AvgIpc) is 3.24. The maximum Gasteiger partial charge on any atom is 0.256 e. The molecule has 3 aromatic rings. The van der Waals surface area contributed by atoms with Crippen LogP contribution in [0.15, 0.2) is 36.7 Å². The Morgan fingerprint density at radius 2 is 1.97 bits per heavy atom. The molecule has 1 aliphatic heterocycles. The molecule has 1 fully saturated rings. The van der Waals surface area contributed by atoms with Crippen LogP contribution in [-0.4, -0.2) is 57.2 Å². The summed E-state index contributed by atoms with van der Waals surface area (Å²) in [7, 11) is -1.98. The van der Waals surface area contributed by atoms with Crippen LogP contribution >= 0.6 is 0 Å². The number of rotatable bonds is 6. The van der Waals surface area contributed by atoms with Gasteiger partial charge in [-0.05, 0) is 45.1 Å². The third-order valence-corrected chi connectivity index (χ3v) is 6.36. The highest BCUT2D eigenvalue weighted by Gasteiger charge is 2.47. The molecule has 32 heavy (non-hydrogen) atoms. The Morgan fingerprint density at radius 1 is 1.25 bits per heavy atom. The fraction of sp³-hybridized carbons (Fsp3) is 0.455. The van der Waals surface area contributed by atoms with Gasteiger partial charge in [0.05, 0.1) is 6.10 Å². The average molecular weight is 456 g/mol. The second-order valence-corrected chi connectivity index (χ2v) is 13.4. The summed E-state index contributed by atoms with van der Waals surface area (Å²) in [5, 5.41) is 13.7. The lowest BCUT2D eigenvalue weighted by Crippen LogP contribution is -2.42. The van der Waals surface area contributed by atoms with Gasteiger partial charge in [-0.1, -0.05) is 25.1 Å². The van der Waals surface area contributed by atoms with Gasteiger partial charge >= 0.3 is 0 Å². The summed E-state index contributed by atoms with van der Waals surface area (Å²) >= 11 is 0. The molecule has 170 valence electrons. The number of nitrogens with one attached hydrogen (secondary N) is 1. The van der Waals surface area contributed by atoms with Gasteiger partial charge in [0.2, 0.25) is 0 Å². The minimum Gasteiger partial charge on any atom is -0.407 e. The number of carbonyl (C=O) groups is 1. The molecule has 0 spiro atoms.